The number of halogens is 2. The first kappa shape index (κ1) is 13.8. The average molecular weight is 297 g/mol. The van der Waals surface area contributed by atoms with E-state index in [9.17, 15) is 9.59 Å². The molecule has 2 rings (SSSR count). The lowest BCUT2D eigenvalue weighted by Crippen LogP contribution is -2.13. The zero-order valence-electron chi connectivity index (χ0n) is 10.1. The van der Waals surface area contributed by atoms with E-state index in [1.165, 1.54) is 18.3 Å². The molecule has 0 bridgehead atoms. The van der Waals surface area contributed by atoms with Gasteiger partial charge in [-0.05, 0) is 18.2 Å². The second-order valence-electron chi connectivity index (χ2n) is 4.01. The Morgan fingerprint density at radius 3 is 2.58 bits per heavy atom. The van der Waals surface area contributed by atoms with Gasteiger partial charge >= 0.3 is 0 Å². The van der Waals surface area contributed by atoms with E-state index in [2.05, 4.69) is 4.98 Å². The highest BCUT2D eigenvalue weighted by Gasteiger charge is 2.18. The van der Waals surface area contributed by atoms with Gasteiger partial charge in [-0.25, -0.2) is 4.98 Å². The largest absolute Gasteiger partial charge is 0.332 e. The number of carbonyl (C=O) groups is 2. The Labute approximate surface area is 120 Å². The lowest BCUT2D eigenvalue weighted by Gasteiger charge is -2.04. The summed E-state index contributed by atoms with van der Waals surface area (Å²) in [7, 11) is 1.69. The summed E-state index contributed by atoms with van der Waals surface area (Å²) in [5, 5.41) is 0.683. The van der Waals surface area contributed by atoms with E-state index in [1.54, 1.807) is 23.9 Å². The molecule has 0 aliphatic carbocycles. The monoisotopic (exact) mass is 296 g/mol. The Morgan fingerprint density at radius 2 is 2.00 bits per heavy atom. The van der Waals surface area contributed by atoms with Crippen molar-refractivity contribution in [2.45, 2.75) is 6.42 Å². The number of aryl methyl sites for hydroxylation is 1. The van der Waals surface area contributed by atoms with Gasteiger partial charge in [-0.1, -0.05) is 23.2 Å². The summed E-state index contributed by atoms with van der Waals surface area (Å²) in [6, 6.07) is 4.55. The maximum absolute atomic E-state index is 12.0. The van der Waals surface area contributed by atoms with Gasteiger partial charge in [-0.15, -0.1) is 0 Å². The standard InChI is InChI=1S/C13H10Cl2N2O2/c1-17-5-4-16-13(17)12(19)7-11(18)9-3-2-8(14)6-10(9)15/h2-6H,7H2,1H3. The van der Waals surface area contributed by atoms with E-state index in [4.69, 9.17) is 23.2 Å². The number of rotatable bonds is 4. The molecule has 0 saturated heterocycles. The number of benzene rings is 1. The van der Waals surface area contributed by atoms with Crippen LogP contribution in [-0.4, -0.2) is 21.1 Å². The molecule has 0 fully saturated rings. The van der Waals surface area contributed by atoms with Crippen molar-refractivity contribution >= 4 is 34.8 Å². The minimum absolute atomic E-state index is 0.241. The average Bonchev–Trinajstić information content (AvgIpc) is 2.75. The molecule has 1 aromatic carbocycles. The molecule has 0 radical (unpaired) electrons. The normalized spacial score (nSPS) is 10.5. The molecule has 1 aromatic heterocycles. The Balaban J connectivity index is 2.18. The van der Waals surface area contributed by atoms with E-state index >= 15 is 0 Å². The van der Waals surface area contributed by atoms with Crippen molar-refractivity contribution in [2.75, 3.05) is 0 Å². The second kappa shape index (κ2) is 5.55. The van der Waals surface area contributed by atoms with Crippen molar-refractivity contribution in [1.29, 1.82) is 0 Å². The maximum Gasteiger partial charge on any atom is 0.205 e. The highest BCUT2D eigenvalue weighted by Crippen LogP contribution is 2.22. The van der Waals surface area contributed by atoms with Crippen LogP contribution in [0.15, 0.2) is 30.6 Å². The first-order valence-electron chi connectivity index (χ1n) is 5.48. The van der Waals surface area contributed by atoms with Crippen LogP contribution in [-0.2, 0) is 7.05 Å². The lowest BCUT2D eigenvalue weighted by atomic mass is 10.1. The first-order valence-corrected chi connectivity index (χ1v) is 6.23. The van der Waals surface area contributed by atoms with Gasteiger partial charge in [0.25, 0.3) is 0 Å². The zero-order valence-corrected chi connectivity index (χ0v) is 11.6. The smallest absolute Gasteiger partial charge is 0.205 e. The van der Waals surface area contributed by atoms with Crippen LogP contribution >= 0.6 is 23.2 Å². The molecule has 0 aliphatic heterocycles. The Bertz CT molecular complexity index is 650. The molecule has 0 amide bonds. The Morgan fingerprint density at radius 1 is 1.26 bits per heavy atom. The number of Topliss-reactive ketones (excluding diaryl/α,β-unsaturated/α-hetero) is 2. The van der Waals surface area contributed by atoms with Gasteiger partial charge in [0.15, 0.2) is 11.6 Å². The van der Waals surface area contributed by atoms with Crippen LogP contribution in [0.5, 0.6) is 0 Å². The van der Waals surface area contributed by atoms with Gasteiger partial charge in [-0.3, -0.25) is 9.59 Å². The van der Waals surface area contributed by atoms with Crippen LogP contribution in [0, 0.1) is 0 Å². The summed E-state index contributed by atoms with van der Waals surface area (Å²) >= 11 is 11.7. The number of ketones is 2. The highest BCUT2D eigenvalue weighted by atomic mass is 35.5. The maximum atomic E-state index is 12.0. The number of imidazole rings is 1. The predicted octanol–water partition coefficient (Wildman–Crippen LogP) is 3.18. The molecule has 0 spiro atoms. The SMILES string of the molecule is Cn1ccnc1C(=O)CC(=O)c1ccc(Cl)cc1Cl. The second-order valence-corrected chi connectivity index (χ2v) is 4.85. The third-order valence-corrected chi connectivity index (χ3v) is 3.17. The van der Waals surface area contributed by atoms with Crippen molar-refractivity contribution < 1.29 is 9.59 Å². The van der Waals surface area contributed by atoms with E-state index < -0.39 is 0 Å². The van der Waals surface area contributed by atoms with Crippen molar-refractivity contribution in [3.63, 3.8) is 0 Å². The van der Waals surface area contributed by atoms with Gasteiger partial charge in [0.05, 0.1) is 11.4 Å². The van der Waals surface area contributed by atoms with Gasteiger partial charge in [-0.2, -0.15) is 0 Å². The number of carbonyl (C=O) groups excluding carboxylic acids is 2. The molecule has 6 heteroatoms. The highest BCUT2D eigenvalue weighted by molar-refractivity contribution is 6.37. The third kappa shape index (κ3) is 3.03. The van der Waals surface area contributed by atoms with Crippen LogP contribution in [0.2, 0.25) is 10.0 Å². The van der Waals surface area contributed by atoms with Crippen LogP contribution in [0.1, 0.15) is 27.4 Å². The Hall–Kier alpha value is -1.65. The molecule has 2 aromatic rings. The summed E-state index contributed by atoms with van der Waals surface area (Å²) in [6.45, 7) is 0. The number of aromatic nitrogens is 2. The van der Waals surface area contributed by atoms with Crippen LogP contribution in [0.4, 0.5) is 0 Å². The summed E-state index contributed by atoms with van der Waals surface area (Å²) in [6.07, 6.45) is 2.88. The number of hydrogen-bond donors (Lipinski definition) is 0. The molecule has 0 aliphatic rings. The summed E-state index contributed by atoms with van der Waals surface area (Å²) in [5.41, 5.74) is 0.286. The summed E-state index contributed by atoms with van der Waals surface area (Å²) in [5.74, 6) is -0.448. The molecule has 19 heavy (non-hydrogen) atoms. The molecular weight excluding hydrogens is 287 g/mol. The minimum atomic E-state index is -0.352. The summed E-state index contributed by atoms with van der Waals surface area (Å²) in [4.78, 5) is 27.8. The number of hydrogen-bond acceptors (Lipinski definition) is 3. The number of nitrogens with zero attached hydrogens (tertiary/aromatic N) is 2. The molecule has 0 atom stereocenters. The fraction of sp³-hybridized carbons (Fsp3) is 0.154. The summed E-state index contributed by atoms with van der Waals surface area (Å²) < 4.78 is 1.57. The fourth-order valence-corrected chi connectivity index (χ4v) is 2.18. The van der Waals surface area contributed by atoms with Crippen molar-refractivity contribution in [3.05, 3.63) is 52.0 Å². The van der Waals surface area contributed by atoms with Crippen LogP contribution in [0.25, 0.3) is 0 Å². The molecule has 1 heterocycles. The first-order chi connectivity index (χ1) is 8.99. The molecule has 0 N–H and O–H groups in total. The molecule has 4 nitrogen and oxygen atoms in total. The van der Waals surface area contributed by atoms with Gasteiger partial charge < -0.3 is 4.57 Å². The van der Waals surface area contributed by atoms with Gasteiger partial charge in [0, 0.05) is 30.0 Å². The van der Waals surface area contributed by atoms with Crippen molar-refractivity contribution in [2.24, 2.45) is 7.05 Å². The van der Waals surface area contributed by atoms with Gasteiger partial charge in [0.2, 0.25) is 5.78 Å². The minimum Gasteiger partial charge on any atom is -0.332 e. The van der Waals surface area contributed by atoms with Crippen molar-refractivity contribution in [3.8, 4) is 0 Å². The fourth-order valence-electron chi connectivity index (χ4n) is 1.67. The van der Waals surface area contributed by atoms with Crippen LogP contribution in [0.3, 0.4) is 0 Å². The van der Waals surface area contributed by atoms with Crippen LogP contribution < -0.4 is 0 Å². The van der Waals surface area contributed by atoms with E-state index in [0.29, 0.717) is 5.02 Å². The van der Waals surface area contributed by atoms with Gasteiger partial charge in [0.1, 0.15) is 0 Å². The van der Waals surface area contributed by atoms with E-state index in [1.807, 2.05) is 0 Å². The zero-order chi connectivity index (χ0) is 14.0. The quantitative estimate of drug-likeness (QED) is 0.643. The van der Waals surface area contributed by atoms with Crippen molar-refractivity contribution in [1.82, 2.24) is 9.55 Å². The third-order valence-electron chi connectivity index (χ3n) is 2.62. The molecule has 98 valence electrons. The molecule has 0 unspecified atom stereocenters. The Kier molecular flexibility index (Phi) is 4.02. The molecular formula is C13H10Cl2N2O2. The predicted molar refractivity (Wildman–Crippen MR) is 72.9 cm³/mol. The van der Waals surface area contributed by atoms with E-state index in [-0.39, 0.29) is 34.4 Å². The lowest BCUT2D eigenvalue weighted by molar-refractivity contribution is 0.0887. The molecule has 0 saturated carbocycles. The topological polar surface area (TPSA) is 52.0 Å². The van der Waals surface area contributed by atoms with E-state index in [0.717, 1.165) is 0 Å².